The summed E-state index contributed by atoms with van der Waals surface area (Å²) >= 11 is 0. The number of hydrogen-bond donors (Lipinski definition) is 1. The molecule has 1 rings (SSSR count). The van der Waals surface area contributed by atoms with E-state index in [4.69, 9.17) is 5.73 Å². The molecule has 0 atom stereocenters. The lowest BCUT2D eigenvalue weighted by molar-refractivity contribution is 0.0786. The van der Waals surface area contributed by atoms with Crippen LogP contribution in [-0.4, -0.2) is 49.9 Å². The maximum atomic E-state index is 12.1. The summed E-state index contributed by atoms with van der Waals surface area (Å²) in [6.45, 7) is 3.50. The molecule has 17 heavy (non-hydrogen) atoms. The fraction of sp³-hybridized carbons (Fsp3) is 0.462. The summed E-state index contributed by atoms with van der Waals surface area (Å²) in [5.41, 5.74) is 8.04. The summed E-state index contributed by atoms with van der Waals surface area (Å²) < 4.78 is 0. The van der Waals surface area contributed by atoms with Crippen LogP contribution in [0.15, 0.2) is 18.2 Å². The number of benzene rings is 1. The first-order chi connectivity index (χ1) is 7.90. The minimum Gasteiger partial charge on any atom is -0.399 e. The van der Waals surface area contributed by atoms with Crippen molar-refractivity contribution in [2.75, 3.05) is 40.0 Å². The van der Waals surface area contributed by atoms with Crippen LogP contribution < -0.4 is 5.73 Å². The highest BCUT2D eigenvalue weighted by Gasteiger charge is 2.12. The fourth-order valence-electron chi connectivity index (χ4n) is 1.61. The topological polar surface area (TPSA) is 49.6 Å². The Kier molecular flexibility index (Phi) is 4.52. The number of likely N-dealkylation sites (N-methyl/N-ethyl adjacent to an activating group) is 2. The Balaban J connectivity index is 2.74. The van der Waals surface area contributed by atoms with E-state index in [9.17, 15) is 4.79 Å². The minimum absolute atomic E-state index is 0.0160. The quantitative estimate of drug-likeness (QED) is 0.798. The van der Waals surface area contributed by atoms with Crippen molar-refractivity contribution < 1.29 is 4.79 Å². The van der Waals surface area contributed by atoms with Crippen molar-refractivity contribution in [3.8, 4) is 0 Å². The van der Waals surface area contributed by atoms with Crippen LogP contribution in [0, 0.1) is 6.92 Å². The molecule has 0 fully saturated rings. The number of nitrogens with two attached hydrogens (primary N) is 1. The molecular formula is C13H21N3O. The number of anilines is 1. The van der Waals surface area contributed by atoms with Crippen molar-refractivity contribution in [2.24, 2.45) is 0 Å². The molecule has 4 nitrogen and oxygen atoms in total. The number of nitrogens with zero attached hydrogens (tertiary/aromatic N) is 2. The van der Waals surface area contributed by atoms with Gasteiger partial charge in [0.2, 0.25) is 0 Å². The molecule has 0 aliphatic rings. The van der Waals surface area contributed by atoms with Crippen LogP contribution in [-0.2, 0) is 0 Å². The van der Waals surface area contributed by atoms with Crippen LogP contribution in [0.2, 0.25) is 0 Å². The Morgan fingerprint density at radius 2 is 1.82 bits per heavy atom. The summed E-state index contributed by atoms with van der Waals surface area (Å²) in [7, 11) is 5.79. The van der Waals surface area contributed by atoms with Gasteiger partial charge in [-0.15, -0.1) is 0 Å². The zero-order valence-corrected chi connectivity index (χ0v) is 11.0. The fourth-order valence-corrected chi connectivity index (χ4v) is 1.61. The number of aryl methyl sites for hydroxylation is 1. The second kappa shape index (κ2) is 5.68. The van der Waals surface area contributed by atoms with Gasteiger partial charge in [-0.3, -0.25) is 4.79 Å². The van der Waals surface area contributed by atoms with Gasteiger partial charge in [0, 0.05) is 31.4 Å². The van der Waals surface area contributed by atoms with Crippen LogP contribution in [0.1, 0.15) is 15.9 Å². The van der Waals surface area contributed by atoms with Crippen LogP contribution in [0.25, 0.3) is 0 Å². The number of hydrogen-bond acceptors (Lipinski definition) is 3. The van der Waals surface area contributed by atoms with E-state index in [1.54, 1.807) is 11.0 Å². The second-order valence-electron chi connectivity index (χ2n) is 4.66. The Labute approximate surface area is 103 Å². The highest BCUT2D eigenvalue weighted by atomic mass is 16.2. The molecule has 4 heteroatoms. The summed E-state index contributed by atoms with van der Waals surface area (Å²) in [5, 5.41) is 0. The van der Waals surface area contributed by atoms with E-state index in [1.165, 1.54) is 0 Å². The van der Waals surface area contributed by atoms with Crippen molar-refractivity contribution in [1.29, 1.82) is 0 Å². The van der Waals surface area contributed by atoms with Crippen LogP contribution in [0.5, 0.6) is 0 Å². The lowest BCUT2D eigenvalue weighted by Gasteiger charge is -2.20. The Morgan fingerprint density at radius 1 is 1.18 bits per heavy atom. The van der Waals surface area contributed by atoms with Gasteiger partial charge in [-0.05, 0) is 44.8 Å². The third-order valence-corrected chi connectivity index (χ3v) is 2.58. The molecular weight excluding hydrogens is 214 g/mol. The summed E-state index contributed by atoms with van der Waals surface area (Å²) in [6.07, 6.45) is 0. The smallest absolute Gasteiger partial charge is 0.253 e. The number of carbonyl (C=O) groups is 1. The molecule has 0 bridgehead atoms. The van der Waals surface area contributed by atoms with Crippen molar-refractivity contribution in [3.63, 3.8) is 0 Å². The van der Waals surface area contributed by atoms with Crippen molar-refractivity contribution in [3.05, 3.63) is 29.3 Å². The number of nitrogen functional groups attached to an aromatic ring is 1. The maximum absolute atomic E-state index is 12.1. The first kappa shape index (κ1) is 13.5. The van der Waals surface area contributed by atoms with Gasteiger partial charge in [0.15, 0.2) is 0 Å². The van der Waals surface area contributed by atoms with E-state index >= 15 is 0 Å². The van der Waals surface area contributed by atoms with Crippen LogP contribution in [0.3, 0.4) is 0 Å². The molecule has 1 amide bonds. The van der Waals surface area contributed by atoms with Crippen LogP contribution in [0.4, 0.5) is 5.69 Å². The second-order valence-corrected chi connectivity index (χ2v) is 4.66. The van der Waals surface area contributed by atoms with Gasteiger partial charge < -0.3 is 15.5 Å². The van der Waals surface area contributed by atoms with Gasteiger partial charge in [-0.1, -0.05) is 0 Å². The molecule has 0 radical (unpaired) electrons. The van der Waals surface area contributed by atoms with E-state index in [0.717, 1.165) is 12.1 Å². The molecule has 0 saturated heterocycles. The molecule has 0 unspecified atom stereocenters. The molecule has 0 aliphatic carbocycles. The lowest BCUT2D eigenvalue weighted by Crippen LogP contribution is -2.33. The monoisotopic (exact) mass is 235 g/mol. The van der Waals surface area contributed by atoms with Gasteiger partial charge in [-0.2, -0.15) is 0 Å². The lowest BCUT2D eigenvalue weighted by atomic mass is 10.1. The average molecular weight is 235 g/mol. The molecule has 0 aliphatic heterocycles. The van der Waals surface area contributed by atoms with Gasteiger partial charge >= 0.3 is 0 Å². The van der Waals surface area contributed by atoms with Crippen LogP contribution >= 0.6 is 0 Å². The molecule has 0 saturated carbocycles. The number of carbonyl (C=O) groups excluding carboxylic acids is 1. The predicted octanol–water partition coefficient (Wildman–Crippen LogP) is 1.21. The SMILES string of the molecule is Cc1cc(N)cc(C(=O)N(C)CCN(C)C)c1. The Hall–Kier alpha value is -1.55. The molecule has 1 aromatic carbocycles. The van der Waals surface area contributed by atoms with Crippen molar-refractivity contribution in [2.45, 2.75) is 6.92 Å². The summed E-state index contributed by atoms with van der Waals surface area (Å²) in [6, 6.07) is 5.45. The Morgan fingerprint density at radius 3 is 2.35 bits per heavy atom. The maximum Gasteiger partial charge on any atom is 0.253 e. The molecule has 0 aromatic heterocycles. The summed E-state index contributed by atoms with van der Waals surface area (Å²) in [4.78, 5) is 15.9. The first-order valence-corrected chi connectivity index (χ1v) is 5.67. The molecule has 2 N–H and O–H groups in total. The number of amides is 1. The van der Waals surface area contributed by atoms with E-state index in [-0.39, 0.29) is 5.91 Å². The molecule has 0 spiro atoms. The summed E-state index contributed by atoms with van der Waals surface area (Å²) in [5.74, 6) is 0.0160. The zero-order valence-electron chi connectivity index (χ0n) is 11.0. The van der Waals surface area contributed by atoms with Gasteiger partial charge in [0.1, 0.15) is 0 Å². The molecule has 94 valence electrons. The predicted molar refractivity (Wildman–Crippen MR) is 71.1 cm³/mol. The minimum atomic E-state index is 0.0160. The van der Waals surface area contributed by atoms with E-state index in [0.29, 0.717) is 17.8 Å². The normalized spacial score (nSPS) is 10.6. The van der Waals surface area contributed by atoms with Gasteiger partial charge in [0.05, 0.1) is 0 Å². The largest absolute Gasteiger partial charge is 0.399 e. The van der Waals surface area contributed by atoms with E-state index in [2.05, 4.69) is 0 Å². The highest BCUT2D eigenvalue weighted by Crippen LogP contribution is 2.12. The molecule has 1 aromatic rings. The zero-order chi connectivity index (χ0) is 13.0. The van der Waals surface area contributed by atoms with Gasteiger partial charge in [-0.25, -0.2) is 0 Å². The average Bonchev–Trinajstić information content (AvgIpc) is 2.23. The van der Waals surface area contributed by atoms with Crippen molar-refractivity contribution >= 4 is 11.6 Å². The first-order valence-electron chi connectivity index (χ1n) is 5.67. The van der Waals surface area contributed by atoms with Crippen molar-refractivity contribution in [1.82, 2.24) is 9.80 Å². The van der Waals surface area contributed by atoms with E-state index in [1.807, 2.05) is 45.1 Å². The van der Waals surface area contributed by atoms with Gasteiger partial charge in [0.25, 0.3) is 5.91 Å². The standard InChI is InChI=1S/C13H21N3O/c1-10-7-11(9-12(14)8-10)13(17)16(4)6-5-15(2)3/h7-9H,5-6,14H2,1-4H3. The third kappa shape index (κ3) is 4.07. The number of rotatable bonds is 4. The Bertz CT molecular complexity index is 381. The molecule has 0 heterocycles. The van der Waals surface area contributed by atoms with E-state index < -0.39 is 0 Å². The highest BCUT2D eigenvalue weighted by molar-refractivity contribution is 5.95. The third-order valence-electron chi connectivity index (χ3n) is 2.58.